The molecule has 1 atom stereocenters. The van der Waals surface area contributed by atoms with Gasteiger partial charge in [-0.1, -0.05) is 19.3 Å². The number of carboxylic acids is 1. The van der Waals surface area contributed by atoms with Crippen molar-refractivity contribution in [2.45, 2.75) is 57.0 Å². The van der Waals surface area contributed by atoms with E-state index in [-0.39, 0.29) is 18.4 Å². The van der Waals surface area contributed by atoms with Crippen LogP contribution in [-0.4, -0.2) is 28.6 Å². The molecule has 0 radical (unpaired) electrons. The van der Waals surface area contributed by atoms with Gasteiger partial charge in [0.15, 0.2) is 0 Å². The van der Waals surface area contributed by atoms with Gasteiger partial charge in [-0.2, -0.15) is 0 Å². The van der Waals surface area contributed by atoms with Crippen molar-refractivity contribution in [3.05, 3.63) is 0 Å². The summed E-state index contributed by atoms with van der Waals surface area (Å²) in [5.41, 5.74) is 4.46. The van der Waals surface area contributed by atoms with E-state index in [0.717, 1.165) is 19.3 Å². The van der Waals surface area contributed by atoms with Crippen LogP contribution in [0.1, 0.15) is 45.4 Å². The average Bonchev–Trinajstić information content (AvgIpc) is 2.17. The third-order valence-corrected chi connectivity index (χ3v) is 3.00. The van der Waals surface area contributed by atoms with Crippen molar-refractivity contribution in [1.29, 1.82) is 0 Å². The van der Waals surface area contributed by atoms with Crippen LogP contribution < -0.4 is 11.1 Å². The van der Waals surface area contributed by atoms with Crippen LogP contribution in [-0.2, 0) is 9.59 Å². The lowest BCUT2D eigenvalue weighted by molar-refractivity contribution is -0.149. The molecule has 1 fully saturated rings. The summed E-state index contributed by atoms with van der Waals surface area (Å²) >= 11 is 0. The molecule has 1 saturated carbocycles. The van der Waals surface area contributed by atoms with Crippen molar-refractivity contribution in [2.75, 3.05) is 0 Å². The van der Waals surface area contributed by atoms with Gasteiger partial charge in [0.05, 0.1) is 0 Å². The number of amides is 1. The first-order valence-electron chi connectivity index (χ1n) is 5.76. The first kappa shape index (κ1) is 13.0. The number of carboxylic acid groups (broad SMARTS) is 1. The number of hydrogen-bond acceptors (Lipinski definition) is 3. The first-order chi connectivity index (χ1) is 7.46. The highest BCUT2D eigenvalue weighted by atomic mass is 16.4. The van der Waals surface area contributed by atoms with Crippen LogP contribution >= 0.6 is 0 Å². The van der Waals surface area contributed by atoms with E-state index < -0.39 is 11.5 Å². The quantitative estimate of drug-likeness (QED) is 0.658. The second kappa shape index (κ2) is 5.30. The lowest BCUT2D eigenvalue weighted by Crippen LogP contribution is -2.56. The molecule has 16 heavy (non-hydrogen) atoms. The predicted octanol–water partition coefficient (Wildman–Crippen LogP) is 0.627. The molecule has 0 aromatic carbocycles. The van der Waals surface area contributed by atoms with Crippen molar-refractivity contribution in [1.82, 2.24) is 5.32 Å². The van der Waals surface area contributed by atoms with Crippen LogP contribution in [0.5, 0.6) is 0 Å². The van der Waals surface area contributed by atoms with E-state index in [4.69, 9.17) is 5.73 Å². The maximum Gasteiger partial charge on any atom is 0.329 e. The minimum Gasteiger partial charge on any atom is -0.480 e. The molecule has 1 aliphatic carbocycles. The zero-order valence-corrected chi connectivity index (χ0v) is 9.66. The fourth-order valence-electron chi connectivity index (χ4n) is 2.16. The van der Waals surface area contributed by atoms with Gasteiger partial charge in [0.2, 0.25) is 5.91 Å². The summed E-state index contributed by atoms with van der Waals surface area (Å²) in [4.78, 5) is 22.8. The van der Waals surface area contributed by atoms with E-state index in [2.05, 4.69) is 5.32 Å². The molecular weight excluding hydrogens is 208 g/mol. The highest BCUT2D eigenvalue weighted by Gasteiger charge is 2.40. The maximum absolute atomic E-state index is 11.6. The predicted molar refractivity (Wildman–Crippen MR) is 59.9 cm³/mol. The Balaban J connectivity index is 2.64. The molecular formula is C11H20N2O3. The molecule has 0 bridgehead atoms. The van der Waals surface area contributed by atoms with E-state index in [9.17, 15) is 14.7 Å². The lowest BCUT2D eigenvalue weighted by Gasteiger charge is -2.34. The highest BCUT2D eigenvalue weighted by Crippen LogP contribution is 2.28. The molecule has 4 N–H and O–H groups in total. The number of hydrogen-bond donors (Lipinski definition) is 3. The largest absolute Gasteiger partial charge is 0.480 e. The highest BCUT2D eigenvalue weighted by molar-refractivity contribution is 5.87. The fourth-order valence-corrected chi connectivity index (χ4v) is 2.16. The summed E-state index contributed by atoms with van der Waals surface area (Å²) in [5, 5.41) is 11.9. The number of aliphatic carboxylic acids is 1. The molecule has 0 saturated heterocycles. The Kier molecular flexibility index (Phi) is 4.29. The van der Waals surface area contributed by atoms with Crippen molar-refractivity contribution in [2.24, 2.45) is 5.73 Å². The van der Waals surface area contributed by atoms with E-state index in [1.165, 1.54) is 0 Å². The number of carbonyl (C=O) groups excluding carboxylic acids is 1. The van der Waals surface area contributed by atoms with Crippen molar-refractivity contribution in [3.63, 3.8) is 0 Å². The van der Waals surface area contributed by atoms with E-state index in [1.807, 2.05) is 0 Å². The van der Waals surface area contributed by atoms with Gasteiger partial charge in [-0.05, 0) is 19.8 Å². The summed E-state index contributed by atoms with van der Waals surface area (Å²) in [7, 11) is 0. The molecule has 0 heterocycles. The molecule has 0 aromatic rings. The summed E-state index contributed by atoms with van der Waals surface area (Å²) in [6.07, 6.45) is 3.96. The van der Waals surface area contributed by atoms with Crippen molar-refractivity contribution in [3.8, 4) is 0 Å². The molecule has 1 rings (SSSR count). The van der Waals surface area contributed by atoms with E-state index in [1.54, 1.807) is 6.92 Å². The number of nitrogens with one attached hydrogen (secondary N) is 1. The number of rotatable bonds is 4. The van der Waals surface area contributed by atoms with Gasteiger partial charge in [0, 0.05) is 12.5 Å². The van der Waals surface area contributed by atoms with E-state index in [0.29, 0.717) is 12.8 Å². The average molecular weight is 228 g/mol. The fraction of sp³-hybridized carbons (Fsp3) is 0.818. The van der Waals surface area contributed by atoms with Crippen LogP contribution in [0.4, 0.5) is 0 Å². The first-order valence-corrected chi connectivity index (χ1v) is 5.76. The topological polar surface area (TPSA) is 92.4 Å². The van der Waals surface area contributed by atoms with Crippen LogP contribution in [0.15, 0.2) is 0 Å². The van der Waals surface area contributed by atoms with Crippen LogP contribution in [0.2, 0.25) is 0 Å². The Morgan fingerprint density at radius 3 is 2.38 bits per heavy atom. The van der Waals surface area contributed by atoms with Gasteiger partial charge in [-0.15, -0.1) is 0 Å². The molecule has 92 valence electrons. The third-order valence-electron chi connectivity index (χ3n) is 3.00. The minimum atomic E-state index is -1.05. The molecule has 1 amide bonds. The summed E-state index contributed by atoms with van der Waals surface area (Å²) in [5.74, 6) is -1.19. The normalized spacial score (nSPS) is 21.1. The monoisotopic (exact) mass is 228 g/mol. The molecule has 0 aliphatic heterocycles. The van der Waals surface area contributed by atoms with Gasteiger partial charge >= 0.3 is 5.97 Å². The van der Waals surface area contributed by atoms with Crippen molar-refractivity contribution >= 4 is 11.9 Å². The Hall–Kier alpha value is -1.10. The second-order valence-corrected chi connectivity index (χ2v) is 4.68. The third kappa shape index (κ3) is 3.20. The number of nitrogens with two attached hydrogens (primary N) is 1. The van der Waals surface area contributed by atoms with Gasteiger partial charge in [-0.3, -0.25) is 4.79 Å². The SMILES string of the molecule is CC(N)CC(=O)NC1(C(=O)O)CCCCC1. The molecule has 0 aromatic heterocycles. The van der Waals surface area contributed by atoms with Crippen molar-refractivity contribution < 1.29 is 14.7 Å². The van der Waals surface area contributed by atoms with Gasteiger partial charge < -0.3 is 16.2 Å². The Morgan fingerprint density at radius 1 is 1.38 bits per heavy atom. The molecule has 5 heteroatoms. The smallest absolute Gasteiger partial charge is 0.329 e. The van der Waals surface area contributed by atoms with Gasteiger partial charge in [-0.25, -0.2) is 4.79 Å². The zero-order chi connectivity index (χ0) is 12.2. The Morgan fingerprint density at radius 2 is 1.94 bits per heavy atom. The maximum atomic E-state index is 11.6. The molecule has 0 spiro atoms. The van der Waals surface area contributed by atoms with E-state index >= 15 is 0 Å². The van der Waals surface area contributed by atoms with Crippen LogP contribution in [0.3, 0.4) is 0 Å². The standard InChI is InChI=1S/C11H20N2O3/c1-8(12)7-9(14)13-11(10(15)16)5-3-2-4-6-11/h8H,2-7,12H2,1H3,(H,13,14)(H,15,16). The lowest BCUT2D eigenvalue weighted by atomic mass is 9.81. The minimum absolute atomic E-state index is 0.176. The van der Waals surface area contributed by atoms with Gasteiger partial charge in [0.1, 0.15) is 5.54 Å². The Bertz CT molecular complexity index is 270. The summed E-state index contributed by atoms with van der Waals surface area (Å²) < 4.78 is 0. The number of carbonyl (C=O) groups is 2. The second-order valence-electron chi connectivity index (χ2n) is 4.68. The van der Waals surface area contributed by atoms with Crippen LogP contribution in [0, 0.1) is 0 Å². The summed E-state index contributed by atoms with van der Waals surface area (Å²) in [6, 6.07) is -0.241. The molecule has 5 nitrogen and oxygen atoms in total. The Labute approximate surface area is 95.4 Å². The molecule has 1 unspecified atom stereocenters. The van der Waals surface area contributed by atoms with Crippen LogP contribution in [0.25, 0.3) is 0 Å². The zero-order valence-electron chi connectivity index (χ0n) is 9.66. The van der Waals surface area contributed by atoms with Gasteiger partial charge in [0.25, 0.3) is 0 Å². The summed E-state index contributed by atoms with van der Waals surface area (Å²) in [6.45, 7) is 1.73. The molecule has 1 aliphatic rings.